The molecular weight excluding hydrogens is 419 g/mol. The fourth-order valence-corrected chi connectivity index (χ4v) is 4.12. The Balaban J connectivity index is 1.60. The number of anilines is 1. The molecule has 0 spiro atoms. The first kappa shape index (κ1) is 21.1. The normalized spacial score (nSPS) is 20.1. The summed E-state index contributed by atoms with van der Waals surface area (Å²) in [5.74, 6) is -0.0655. The zero-order valence-corrected chi connectivity index (χ0v) is 17.9. The third kappa shape index (κ3) is 5.49. The van der Waals surface area contributed by atoms with Gasteiger partial charge in [-0.1, -0.05) is 23.2 Å². The number of carbonyl (C=O) groups excluding carboxylic acids is 2. The maximum absolute atomic E-state index is 13.0. The molecule has 2 fully saturated rings. The molecule has 2 amide bonds. The number of halogens is 2. The van der Waals surface area contributed by atoms with Gasteiger partial charge < -0.3 is 20.4 Å². The summed E-state index contributed by atoms with van der Waals surface area (Å²) < 4.78 is 0. The van der Waals surface area contributed by atoms with Crippen LogP contribution in [0.4, 0.5) is 5.69 Å². The Morgan fingerprint density at radius 1 is 1.14 bits per heavy atom. The lowest BCUT2D eigenvalue weighted by molar-refractivity contribution is -0.140. The van der Waals surface area contributed by atoms with E-state index in [1.807, 2.05) is 4.90 Å². The summed E-state index contributed by atoms with van der Waals surface area (Å²) in [7, 11) is 0. The van der Waals surface area contributed by atoms with E-state index in [-0.39, 0.29) is 18.4 Å². The summed E-state index contributed by atoms with van der Waals surface area (Å²) in [6.45, 7) is 2.31. The zero-order valence-electron chi connectivity index (χ0n) is 15.5. The van der Waals surface area contributed by atoms with Crippen molar-refractivity contribution < 1.29 is 9.59 Å². The molecule has 0 aromatic heterocycles. The Labute approximate surface area is 180 Å². The molecule has 6 nitrogen and oxygen atoms in total. The van der Waals surface area contributed by atoms with E-state index in [0.717, 1.165) is 38.8 Å². The van der Waals surface area contributed by atoms with Crippen molar-refractivity contribution in [3.05, 3.63) is 28.2 Å². The molecule has 2 heterocycles. The van der Waals surface area contributed by atoms with Gasteiger partial charge in [-0.3, -0.25) is 9.59 Å². The molecule has 3 rings (SSSR count). The lowest BCUT2D eigenvalue weighted by atomic mass is 10.1. The predicted molar refractivity (Wildman–Crippen MR) is 116 cm³/mol. The second-order valence-electron chi connectivity index (χ2n) is 7.12. The molecule has 2 aliphatic heterocycles. The van der Waals surface area contributed by atoms with Crippen LogP contribution in [-0.2, 0) is 9.59 Å². The highest BCUT2D eigenvalue weighted by Gasteiger charge is 2.30. The summed E-state index contributed by atoms with van der Waals surface area (Å²) in [5.41, 5.74) is 0.578. The first-order valence-corrected chi connectivity index (χ1v) is 10.7. The third-order valence-corrected chi connectivity index (χ3v) is 5.83. The molecule has 0 saturated carbocycles. The highest BCUT2D eigenvalue weighted by Crippen LogP contribution is 2.25. The average Bonchev–Trinajstić information content (AvgIpc) is 3.15. The fraction of sp³-hybridized carbons (Fsp3) is 0.526. The Morgan fingerprint density at radius 2 is 1.86 bits per heavy atom. The molecule has 28 heavy (non-hydrogen) atoms. The number of carbonyl (C=O) groups is 2. The van der Waals surface area contributed by atoms with Gasteiger partial charge in [0.2, 0.25) is 11.8 Å². The van der Waals surface area contributed by atoms with E-state index in [4.69, 9.17) is 35.4 Å². The Morgan fingerprint density at radius 3 is 2.61 bits per heavy atom. The minimum Gasteiger partial charge on any atom is -0.351 e. The number of nitrogens with zero attached hydrogens (tertiary/aromatic N) is 2. The van der Waals surface area contributed by atoms with Crippen LogP contribution in [0.1, 0.15) is 32.1 Å². The first-order chi connectivity index (χ1) is 13.4. The molecule has 2 aliphatic rings. The lowest BCUT2D eigenvalue weighted by Crippen LogP contribution is -2.51. The van der Waals surface area contributed by atoms with E-state index in [2.05, 4.69) is 10.6 Å². The number of nitrogens with one attached hydrogen (secondary N) is 2. The van der Waals surface area contributed by atoms with Crippen molar-refractivity contribution in [2.45, 2.75) is 38.1 Å². The van der Waals surface area contributed by atoms with Crippen molar-refractivity contribution in [3.8, 4) is 0 Å². The van der Waals surface area contributed by atoms with Gasteiger partial charge in [0, 0.05) is 24.7 Å². The molecule has 2 N–H and O–H groups in total. The van der Waals surface area contributed by atoms with E-state index in [9.17, 15) is 9.59 Å². The molecule has 1 aromatic carbocycles. The summed E-state index contributed by atoms with van der Waals surface area (Å²) in [6, 6.07) is 4.58. The third-order valence-electron chi connectivity index (χ3n) is 5.05. The van der Waals surface area contributed by atoms with Crippen LogP contribution in [0.25, 0.3) is 0 Å². The topological polar surface area (TPSA) is 64.7 Å². The number of amides is 2. The van der Waals surface area contributed by atoms with Crippen molar-refractivity contribution in [2.75, 3.05) is 31.5 Å². The fourth-order valence-electron chi connectivity index (χ4n) is 3.54. The minimum absolute atomic E-state index is 0.0258. The SMILES string of the molecule is O=C(CN1CCCC[C@H](NC(=S)Nc2cc(Cl)ccc2Cl)C1=O)N1CCCC1. The van der Waals surface area contributed by atoms with Crippen LogP contribution in [0.2, 0.25) is 10.0 Å². The number of benzene rings is 1. The van der Waals surface area contributed by atoms with Crippen LogP contribution in [0.3, 0.4) is 0 Å². The minimum atomic E-state index is -0.466. The second kappa shape index (κ2) is 9.76. The standard InChI is InChI=1S/C19H24Cl2N4O2S/c20-13-6-7-14(21)16(11-13)23-19(28)22-15-5-1-2-10-25(18(15)27)12-17(26)24-8-3-4-9-24/h6-7,11,15H,1-5,8-10,12H2,(H2,22,23,28)/t15-/m0/s1. The van der Waals surface area contributed by atoms with Crippen molar-refractivity contribution in [2.24, 2.45) is 0 Å². The number of hydrogen-bond donors (Lipinski definition) is 2. The summed E-state index contributed by atoms with van der Waals surface area (Å²) in [4.78, 5) is 28.9. The highest BCUT2D eigenvalue weighted by atomic mass is 35.5. The van der Waals surface area contributed by atoms with Gasteiger partial charge in [-0.25, -0.2) is 0 Å². The quantitative estimate of drug-likeness (QED) is 0.700. The average molecular weight is 443 g/mol. The van der Waals surface area contributed by atoms with Crippen molar-refractivity contribution in [1.29, 1.82) is 0 Å². The van der Waals surface area contributed by atoms with Crippen molar-refractivity contribution in [3.63, 3.8) is 0 Å². The van der Waals surface area contributed by atoms with Crippen LogP contribution < -0.4 is 10.6 Å². The Bertz CT molecular complexity index is 755. The number of hydrogen-bond acceptors (Lipinski definition) is 3. The van der Waals surface area contributed by atoms with E-state index in [0.29, 0.717) is 33.8 Å². The van der Waals surface area contributed by atoms with Crippen LogP contribution in [-0.4, -0.2) is 58.9 Å². The summed E-state index contributed by atoms with van der Waals surface area (Å²) in [5, 5.41) is 7.40. The molecule has 152 valence electrons. The van der Waals surface area contributed by atoms with Crippen molar-refractivity contribution in [1.82, 2.24) is 15.1 Å². The number of thiocarbonyl (C=S) groups is 1. The summed E-state index contributed by atoms with van der Waals surface area (Å²) in [6.07, 6.45) is 4.50. The van der Waals surface area contributed by atoms with Crippen LogP contribution in [0, 0.1) is 0 Å². The van der Waals surface area contributed by atoms with Crippen LogP contribution in [0.5, 0.6) is 0 Å². The Hall–Kier alpha value is -1.57. The second-order valence-corrected chi connectivity index (χ2v) is 8.37. The van der Waals surface area contributed by atoms with Gasteiger partial charge in [-0.2, -0.15) is 0 Å². The van der Waals surface area contributed by atoms with Crippen molar-refractivity contribution >= 4 is 58.0 Å². The molecule has 2 saturated heterocycles. The highest BCUT2D eigenvalue weighted by molar-refractivity contribution is 7.80. The van der Waals surface area contributed by atoms with E-state index < -0.39 is 6.04 Å². The molecule has 0 aliphatic carbocycles. The molecule has 0 radical (unpaired) electrons. The molecular formula is C19H24Cl2N4O2S. The maximum Gasteiger partial charge on any atom is 0.245 e. The largest absolute Gasteiger partial charge is 0.351 e. The molecule has 0 unspecified atom stereocenters. The van der Waals surface area contributed by atoms with Gasteiger partial charge in [-0.15, -0.1) is 0 Å². The van der Waals surface area contributed by atoms with Gasteiger partial charge in [0.15, 0.2) is 5.11 Å². The lowest BCUT2D eigenvalue weighted by Gasteiger charge is -2.27. The zero-order chi connectivity index (χ0) is 20.1. The van der Waals surface area contributed by atoms with Crippen LogP contribution in [0.15, 0.2) is 18.2 Å². The van der Waals surface area contributed by atoms with E-state index in [1.54, 1.807) is 23.1 Å². The van der Waals surface area contributed by atoms with E-state index >= 15 is 0 Å². The predicted octanol–water partition coefficient (Wildman–Crippen LogP) is 3.28. The van der Waals surface area contributed by atoms with Gasteiger partial charge in [0.25, 0.3) is 0 Å². The monoisotopic (exact) mass is 442 g/mol. The van der Waals surface area contributed by atoms with Gasteiger partial charge >= 0.3 is 0 Å². The summed E-state index contributed by atoms with van der Waals surface area (Å²) >= 11 is 17.5. The molecule has 1 aromatic rings. The van der Waals surface area contributed by atoms with Gasteiger partial charge in [0.1, 0.15) is 6.04 Å². The molecule has 1 atom stereocenters. The first-order valence-electron chi connectivity index (χ1n) is 9.53. The maximum atomic E-state index is 13.0. The smallest absolute Gasteiger partial charge is 0.245 e. The number of likely N-dealkylation sites (tertiary alicyclic amines) is 2. The van der Waals surface area contributed by atoms with Gasteiger partial charge in [0.05, 0.1) is 17.3 Å². The van der Waals surface area contributed by atoms with E-state index in [1.165, 1.54) is 0 Å². The van der Waals surface area contributed by atoms with Gasteiger partial charge in [-0.05, 0) is 62.5 Å². The Kier molecular flexibility index (Phi) is 7.37. The number of rotatable bonds is 4. The molecule has 0 bridgehead atoms. The molecule has 9 heteroatoms. The van der Waals surface area contributed by atoms with Crippen LogP contribution >= 0.6 is 35.4 Å².